The fourth-order valence-electron chi connectivity index (χ4n) is 4.45. The number of benzene rings is 2. The van der Waals surface area contributed by atoms with Crippen molar-refractivity contribution in [3.8, 4) is 11.5 Å². The molecule has 0 radical (unpaired) electrons. The summed E-state index contributed by atoms with van der Waals surface area (Å²) >= 11 is 0. The van der Waals surface area contributed by atoms with Gasteiger partial charge in [0.15, 0.2) is 11.5 Å². The average molecular weight is 499 g/mol. The summed E-state index contributed by atoms with van der Waals surface area (Å²) in [5.74, 6) is 1.04. The molecule has 1 N–H and O–H groups in total. The second-order valence-electron chi connectivity index (χ2n) is 8.40. The van der Waals surface area contributed by atoms with Crippen LogP contribution >= 0.6 is 0 Å². The highest BCUT2D eigenvalue weighted by molar-refractivity contribution is 7.93. The molecule has 0 spiro atoms. The molecule has 1 aliphatic heterocycles. The summed E-state index contributed by atoms with van der Waals surface area (Å²) < 4.78 is 40.5. The van der Waals surface area contributed by atoms with Crippen LogP contribution in [-0.2, 0) is 34.2 Å². The quantitative estimate of drug-likeness (QED) is 0.487. The van der Waals surface area contributed by atoms with Crippen molar-refractivity contribution in [2.45, 2.75) is 38.1 Å². The summed E-state index contributed by atoms with van der Waals surface area (Å²) in [5.41, 5.74) is 3.53. The van der Waals surface area contributed by atoms with Crippen molar-refractivity contribution in [1.29, 1.82) is 0 Å². The van der Waals surface area contributed by atoms with Crippen molar-refractivity contribution in [2.24, 2.45) is 0 Å². The maximum Gasteiger partial charge on any atom is 0.268 e. The molecule has 1 aromatic heterocycles. The van der Waals surface area contributed by atoms with E-state index in [0.29, 0.717) is 54.5 Å². The third-order valence-electron chi connectivity index (χ3n) is 6.18. The lowest BCUT2D eigenvalue weighted by atomic mass is 10.1. The van der Waals surface area contributed by atoms with E-state index in [1.807, 2.05) is 42.5 Å². The molecule has 1 aliphatic rings. The van der Waals surface area contributed by atoms with Gasteiger partial charge < -0.3 is 14.8 Å². The van der Waals surface area contributed by atoms with Crippen LogP contribution in [0, 0.1) is 13.8 Å². The van der Waals surface area contributed by atoms with E-state index in [0.717, 1.165) is 11.1 Å². The van der Waals surface area contributed by atoms with E-state index in [1.54, 1.807) is 28.1 Å². The number of carbonyl (C=O) groups excluding carboxylic acids is 1. The van der Waals surface area contributed by atoms with Crippen molar-refractivity contribution in [2.75, 3.05) is 31.6 Å². The third kappa shape index (κ3) is 4.84. The zero-order valence-corrected chi connectivity index (χ0v) is 21.2. The highest BCUT2D eigenvalue weighted by atomic mass is 32.2. The molecule has 0 aliphatic carbocycles. The van der Waals surface area contributed by atoms with Gasteiger partial charge in [-0.05, 0) is 56.0 Å². The number of carbonyl (C=O) groups is 1. The molecular formula is C25H30N4O5S. The Labute approximate surface area is 205 Å². The minimum Gasteiger partial charge on any atom is -0.493 e. The van der Waals surface area contributed by atoms with Crippen LogP contribution in [0.4, 0.5) is 5.69 Å². The number of anilines is 1. The molecule has 4 rings (SSSR count). The molecule has 1 amide bonds. The number of hydrogen-bond donors (Lipinski definition) is 1. The minimum absolute atomic E-state index is 0.0648. The second kappa shape index (κ2) is 9.99. The summed E-state index contributed by atoms with van der Waals surface area (Å²) in [6, 6.07) is 13.1. The smallest absolute Gasteiger partial charge is 0.268 e. The van der Waals surface area contributed by atoms with E-state index < -0.39 is 10.0 Å². The van der Waals surface area contributed by atoms with Gasteiger partial charge in [-0.25, -0.2) is 8.42 Å². The standard InChI is InChI=1S/C25H30N4O5S/c1-17-25(35(31,32)29-14-12-20-7-5-6-8-21(20)29)18(2)28(27-17)16-24(30)26-13-11-19-9-10-22(33-3)23(15-19)34-4/h5-10,15H,11-14,16H2,1-4H3,(H,26,30). The number of aryl methyl sites for hydroxylation is 1. The lowest BCUT2D eigenvalue weighted by Gasteiger charge is -2.19. The molecule has 2 heterocycles. The van der Waals surface area contributed by atoms with E-state index in [-0.39, 0.29) is 17.3 Å². The fourth-order valence-corrected chi connectivity index (χ4v) is 6.33. The van der Waals surface area contributed by atoms with Crippen LogP contribution in [0.5, 0.6) is 11.5 Å². The van der Waals surface area contributed by atoms with E-state index >= 15 is 0 Å². The number of fused-ring (bicyclic) bond motifs is 1. The molecule has 186 valence electrons. The first kappa shape index (κ1) is 24.6. The first-order chi connectivity index (χ1) is 16.8. The highest BCUT2D eigenvalue weighted by Crippen LogP contribution is 2.34. The number of aromatic nitrogens is 2. The number of amides is 1. The van der Waals surface area contributed by atoms with E-state index in [2.05, 4.69) is 10.4 Å². The topological polar surface area (TPSA) is 103 Å². The Kier molecular flexibility index (Phi) is 7.02. The predicted octanol–water partition coefficient (Wildman–Crippen LogP) is 2.63. The first-order valence-electron chi connectivity index (χ1n) is 11.4. The number of nitrogens with one attached hydrogen (secondary N) is 1. The molecule has 35 heavy (non-hydrogen) atoms. The first-order valence-corrected chi connectivity index (χ1v) is 12.8. The number of hydrogen-bond acceptors (Lipinski definition) is 6. The number of para-hydroxylation sites is 1. The maximum absolute atomic E-state index is 13.5. The van der Waals surface area contributed by atoms with Crippen LogP contribution in [0.2, 0.25) is 0 Å². The molecule has 0 saturated heterocycles. The van der Waals surface area contributed by atoms with Crippen molar-refractivity contribution in [3.63, 3.8) is 0 Å². The number of sulfonamides is 1. The van der Waals surface area contributed by atoms with Gasteiger partial charge >= 0.3 is 0 Å². The van der Waals surface area contributed by atoms with E-state index in [1.165, 1.54) is 8.99 Å². The highest BCUT2D eigenvalue weighted by Gasteiger charge is 2.35. The van der Waals surface area contributed by atoms with Gasteiger partial charge in [0.25, 0.3) is 10.0 Å². The van der Waals surface area contributed by atoms with Crippen LogP contribution < -0.4 is 19.1 Å². The molecule has 0 saturated carbocycles. The largest absolute Gasteiger partial charge is 0.493 e. The van der Waals surface area contributed by atoms with Gasteiger partial charge in [-0.3, -0.25) is 13.8 Å². The molecule has 0 atom stereocenters. The summed E-state index contributed by atoms with van der Waals surface area (Å²) in [7, 11) is -0.639. The average Bonchev–Trinajstić information content (AvgIpc) is 3.40. The Morgan fingerprint density at radius 2 is 1.83 bits per heavy atom. The van der Waals surface area contributed by atoms with Crippen LogP contribution in [0.3, 0.4) is 0 Å². The van der Waals surface area contributed by atoms with Gasteiger partial charge in [0, 0.05) is 13.1 Å². The van der Waals surface area contributed by atoms with Crippen molar-refractivity contribution in [3.05, 3.63) is 65.0 Å². The molecule has 0 bridgehead atoms. The summed E-state index contributed by atoms with van der Waals surface area (Å²) in [6.45, 7) is 4.09. The Morgan fingerprint density at radius 3 is 2.57 bits per heavy atom. The monoisotopic (exact) mass is 498 g/mol. The van der Waals surface area contributed by atoms with Crippen molar-refractivity contribution < 1.29 is 22.7 Å². The molecular weight excluding hydrogens is 468 g/mol. The second-order valence-corrected chi connectivity index (χ2v) is 10.2. The Hall–Kier alpha value is -3.53. The summed E-state index contributed by atoms with van der Waals surface area (Å²) in [5, 5.41) is 7.25. The Balaban J connectivity index is 1.43. The molecule has 3 aromatic rings. The normalized spacial score (nSPS) is 13.0. The van der Waals surface area contributed by atoms with Crippen molar-refractivity contribution >= 4 is 21.6 Å². The van der Waals surface area contributed by atoms with E-state index in [9.17, 15) is 13.2 Å². The zero-order chi connectivity index (χ0) is 25.2. The van der Waals surface area contributed by atoms with Crippen molar-refractivity contribution in [1.82, 2.24) is 15.1 Å². The lowest BCUT2D eigenvalue weighted by molar-refractivity contribution is -0.121. The predicted molar refractivity (Wildman–Crippen MR) is 133 cm³/mol. The Morgan fingerprint density at radius 1 is 1.09 bits per heavy atom. The fraction of sp³-hybridized carbons (Fsp3) is 0.360. The summed E-state index contributed by atoms with van der Waals surface area (Å²) in [4.78, 5) is 12.8. The summed E-state index contributed by atoms with van der Waals surface area (Å²) in [6.07, 6.45) is 1.28. The molecule has 0 fully saturated rings. The zero-order valence-electron chi connectivity index (χ0n) is 20.4. The molecule has 0 unspecified atom stereocenters. The lowest BCUT2D eigenvalue weighted by Crippen LogP contribution is -2.31. The molecule has 9 nitrogen and oxygen atoms in total. The Bertz CT molecular complexity index is 1350. The number of nitrogens with zero attached hydrogens (tertiary/aromatic N) is 3. The molecule has 10 heteroatoms. The maximum atomic E-state index is 13.5. The number of methoxy groups -OCH3 is 2. The SMILES string of the molecule is COc1ccc(CCNC(=O)Cn2nc(C)c(S(=O)(=O)N3CCc4ccccc43)c2C)cc1OC. The number of ether oxygens (including phenoxy) is 2. The van der Waals surface area contributed by atoms with Crippen LogP contribution in [0.25, 0.3) is 0 Å². The van der Waals surface area contributed by atoms with Gasteiger partial charge in [-0.2, -0.15) is 5.10 Å². The van der Waals surface area contributed by atoms with Gasteiger partial charge in [0.05, 0.1) is 31.3 Å². The van der Waals surface area contributed by atoms with Crippen LogP contribution in [-0.4, -0.2) is 51.4 Å². The molecule has 2 aromatic carbocycles. The van der Waals surface area contributed by atoms with Gasteiger partial charge in [-0.1, -0.05) is 24.3 Å². The van der Waals surface area contributed by atoms with Gasteiger partial charge in [0.2, 0.25) is 5.91 Å². The minimum atomic E-state index is -3.80. The van der Waals surface area contributed by atoms with Crippen LogP contribution in [0.15, 0.2) is 47.4 Å². The van der Waals surface area contributed by atoms with Crippen LogP contribution in [0.1, 0.15) is 22.5 Å². The van der Waals surface area contributed by atoms with Gasteiger partial charge in [-0.15, -0.1) is 0 Å². The van der Waals surface area contributed by atoms with E-state index in [4.69, 9.17) is 9.47 Å². The third-order valence-corrected chi connectivity index (χ3v) is 8.25. The van der Waals surface area contributed by atoms with Gasteiger partial charge in [0.1, 0.15) is 11.4 Å². The number of rotatable bonds is 9.